The Labute approximate surface area is 95.7 Å². The molecule has 14 heavy (non-hydrogen) atoms. The zero-order valence-electron chi connectivity index (χ0n) is 7.69. The summed E-state index contributed by atoms with van der Waals surface area (Å²) in [5.41, 5.74) is 8.01. The van der Waals surface area contributed by atoms with Crippen LogP contribution in [0.5, 0.6) is 0 Å². The van der Waals surface area contributed by atoms with Crippen molar-refractivity contribution in [3.05, 3.63) is 36.0 Å². The van der Waals surface area contributed by atoms with E-state index in [1.165, 1.54) is 16.5 Å². The van der Waals surface area contributed by atoms with E-state index in [4.69, 9.17) is 5.73 Å². The maximum absolute atomic E-state index is 5.50. The van der Waals surface area contributed by atoms with Crippen LogP contribution in [0.1, 0.15) is 5.56 Å². The minimum Gasteiger partial charge on any atom is -0.361 e. The number of halogens is 2. The molecular weight excluding hydrogens is 219 g/mol. The number of nitrogens with one attached hydrogen (secondary N) is 1. The number of nitrogens with two attached hydrogens (primary N) is 1. The molecule has 0 saturated heterocycles. The number of hydrogen-bond donors (Lipinski definition) is 2. The third kappa shape index (κ3) is 2.41. The molecule has 0 amide bonds. The number of hydrogen-bond acceptors (Lipinski definition) is 1. The van der Waals surface area contributed by atoms with Gasteiger partial charge in [-0.1, -0.05) is 18.2 Å². The van der Waals surface area contributed by atoms with Gasteiger partial charge >= 0.3 is 0 Å². The molecule has 2 nitrogen and oxygen atoms in total. The standard InChI is InChI=1S/C10H12N2.2ClH/c11-6-5-8-7-12-10-4-2-1-3-9(8)10;;/h1-4,7,12H,5-6,11H2;2*1H. The Morgan fingerprint density at radius 3 is 2.57 bits per heavy atom. The number of rotatable bonds is 2. The van der Waals surface area contributed by atoms with Gasteiger partial charge in [0.1, 0.15) is 0 Å². The SMILES string of the molecule is Cl.Cl.NCCc1c[nH]c2ccccc12. The Morgan fingerprint density at radius 1 is 1.14 bits per heavy atom. The van der Waals surface area contributed by atoms with E-state index < -0.39 is 0 Å². The van der Waals surface area contributed by atoms with Gasteiger partial charge in [-0.25, -0.2) is 0 Å². The lowest BCUT2D eigenvalue weighted by Gasteiger charge is -1.93. The average Bonchev–Trinajstić information content (AvgIpc) is 2.50. The molecule has 3 N–H and O–H groups in total. The number of para-hydroxylation sites is 1. The summed E-state index contributed by atoms with van der Waals surface area (Å²) in [6, 6.07) is 8.29. The Morgan fingerprint density at radius 2 is 1.86 bits per heavy atom. The topological polar surface area (TPSA) is 41.8 Å². The molecule has 0 spiro atoms. The zero-order chi connectivity index (χ0) is 8.39. The molecule has 0 radical (unpaired) electrons. The summed E-state index contributed by atoms with van der Waals surface area (Å²) >= 11 is 0. The van der Waals surface area contributed by atoms with Crippen molar-refractivity contribution in [2.45, 2.75) is 6.42 Å². The van der Waals surface area contributed by atoms with E-state index in [2.05, 4.69) is 23.2 Å². The van der Waals surface area contributed by atoms with Gasteiger partial charge in [-0.3, -0.25) is 0 Å². The predicted octanol–water partition coefficient (Wildman–Crippen LogP) is 2.51. The Bertz CT molecular complexity index is 384. The molecule has 0 unspecified atom stereocenters. The number of H-pyrrole nitrogens is 1. The first-order valence-electron chi connectivity index (χ1n) is 4.17. The van der Waals surface area contributed by atoms with Gasteiger partial charge in [-0.05, 0) is 24.6 Å². The van der Waals surface area contributed by atoms with Crippen LogP contribution in [0.25, 0.3) is 10.9 Å². The number of aromatic nitrogens is 1. The van der Waals surface area contributed by atoms with Gasteiger partial charge in [-0.2, -0.15) is 0 Å². The molecule has 78 valence electrons. The molecule has 2 rings (SSSR count). The first kappa shape index (κ1) is 13.3. The molecule has 0 bridgehead atoms. The van der Waals surface area contributed by atoms with Crippen molar-refractivity contribution >= 4 is 35.7 Å². The van der Waals surface area contributed by atoms with E-state index in [9.17, 15) is 0 Å². The van der Waals surface area contributed by atoms with Crippen LogP contribution in [0.2, 0.25) is 0 Å². The smallest absolute Gasteiger partial charge is 0.0456 e. The Balaban J connectivity index is 0.000000845. The minimum atomic E-state index is 0. The minimum absolute atomic E-state index is 0. The average molecular weight is 233 g/mol. The van der Waals surface area contributed by atoms with Crippen molar-refractivity contribution in [2.75, 3.05) is 6.54 Å². The summed E-state index contributed by atoms with van der Waals surface area (Å²) in [7, 11) is 0. The summed E-state index contributed by atoms with van der Waals surface area (Å²) in [6.45, 7) is 0.710. The Kier molecular flexibility index (Phi) is 5.62. The van der Waals surface area contributed by atoms with Crippen molar-refractivity contribution in [3.63, 3.8) is 0 Å². The van der Waals surface area contributed by atoms with Crippen molar-refractivity contribution in [1.82, 2.24) is 4.98 Å². The second-order valence-corrected chi connectivity index (χ2v) is 2.90. The molecule has 1 aromatic carbocycles. The van der Waals surface area contributed by atoms with E-state index in [-0.39, 0.29) is 24.8 Å². The van der Waals surface area contributed by atoms with Crippen LogP contribution in [-0.4, -0.2) is 11.5 Å². The predicted molar refractivity (Wildman–Crippen MR) is 65.6 cm³/mol. The fraction of sp³-hybridized carbons (Fsp3) is 0.200. The largest absolute Gasteiger partial charge is 0.361 e. The van der Waals surface area contributed by atoms with E-state index >= 15 is 0 Å². The summed E-state index contributed by atoms with van der Waals surface area (Å²) in [5.74, 6) is 0. The van der Waals surface area contributed by atoms with Gasteiger partial charge in [0.25, 0.3) is 0 Å². The highest BCUT2D eigenvalue weighted by atomic mass is 35.5. The summed E-state index contributed by atoms with van der Waals surface area (Å²) in [6.07, 6.45) is 2.99. The monoisotopic (exact) mass is 232 g/mol. The molecule has 0 aliphatic heterocycles. The van der Waals surface area contributed by atoms with Crippen LogP contribution in [0.4, 0.5) is 0 Å². The first-order valence-corrected chi connectivity index (χ1v) is 4.17. The molecule has 1 aromatic heterocycles. The number of fused-ring (bicyclic) bond motifs is 1. The molecular formula is C10H14Cl2N2. The van der Waals surface area contributed by atoms with Gasteiger partial charge in [0.15, 0.2) is 0 Å². The molecule has 0 aliphatic carbocycles. The fourth-order valence-electron chi connectivity index (χ4n) is 1.49. The van der Waals surface area contributed by atoms with Crippen LogP contribution in [-0.2, 0) is 6.42 Å². The van der Waals surface area contributed by atoms with E-state index in [1.807, 2.05) is 12.3 Å². The van der Waals surface area contributed by atoms with Gasteiger partial charge in [0.2, 0.25) is 0 Å². The third-order valence-corrected chi connectivity index (χ3v) is 2.09. The maximum Gasteiger partial charge on any atom is 0.0456 e. The second kappa shape index (κ2) is 5.91. The lowest BCUT2D eigenvalue weighted by Crippen LogP contribution is -2.01. The highest BCUT2D eigenvalue weighted by Crippen LogP contribution is 2.17. The summed E-state index contributed by atoms with van der Waals surface area (Å²) in [4.78, 5) is 3.22. The van der Waals surface area contributed by atoms with Crippen LogP contribution >= 0.6 is 24.8 Å². The Hall–Kier alpha value is -0.700. The molecule has 0 atom stereocenters. The fourth-order valence-corrected chi connectivity index (χ4v) is 1.49. The van der Waals surface area contributed by atoms with Crippen molar-refractivity contribution in [3.8, 4) is 0 Å². The summed E-state index contributed by atoms with van der Waals surface area (Å²) < 4.78 is 0. The van der Waals surface area contributed by atoms with Crippen LogP contribution in [0.15, 0.2) is 30.5 Å². The van der Waals surface area contributed by atoms with Crippen molar-refractivity contribution in [2.24, 2.45) is 5.73 Å². The molecule has 1 heterocycles. The van der Waals surface area contributed by atoms with Crippen molar-refractivity contribution in [1.29, 1.82) is 0 Å². The number of benzene rings is 1. The summed E-state index contributed by atoms with van der Waals surface area (Å²) in [5, 5.41) is 1.29. The highest BCUT2D eigenvalue weighted by molar-refractivity contribution is 5.85. The van der Waals surface area contributed by atoms with Crippen molar-refractivity contribution < 1.29 is 0 Å². The van der Waals surface area contributed by atoms with Gasteiger partial charge < -0.3 is 10.7 Å². The van der Waals surface area contributed by atoms with E-state index in [1.54, 1.807) is 0 Å². The van der Waals surface area contributed by atoms with Crippen LogP contribution in [0, 0.1) is 0 Å². The van der Waals surface area contributed by atoms with Gasteiger partial charge in [0.05, 0.1) is 0 Å². The molecule has 2 aromatic rings. The van der Waals surface area contributed by atoms with E-state index in [0.717, 1.165) is 6.42 Å². The normalized spacial score (nSPS) is 9.21. The van der Waals surface area contributed by atoms with E-state index in [0.29, 0.717) is 6.54 Å². The zero-order valence-corrected chi connectivity index (χ0v) is 9.33. The molecule has 0 fully saturated rings. The lowest BCUT2D eigenvalue weighted by atomic mass is 10.1. The third-order valence-electron chi connectivity index (χ3n) is 2.09. The van der Waals surface area contributed by atoms with Crippen LogP contribution in [0.3, 0.4) is 0 Å². The van der Waals surface area contributed by atoms with Gasteiger partial charge in [-0.15, -0.1) is 24.8 Å². The maximum atomic E-state index is 5.50. The molecule has 0 aliphatic rings. The first-order chi connectivity index (χ1) is 5.92. The molecule has 4 heteroatoms. The number of aromatic amines is 1. The molecule has 0 saturated carbocycles. The lowest BCUT2D eigenvalue weighted by molar-refractivity contribution is 0.976. The quantitative estimate of drug-likeness (QED) is 0.822. The van der Waals surface area contributed by atoms with Crippen LogP contribution < -0.4 is 5.73 Å². The highest BCUT2D eigenvalue weighted by Gasteiger charge is 1.99. The second-order valence-electron chi connectivity index (χ2n) is 2.90. The van der Waals surface area contributed by atoms with Gasteiger partial charge in [0, 0.05) is 17.1 Å².